The summed E-state index contributed by atoms with van der Waals surface area (Å²) in [7, 11) is 0. The van der Waals surface area contributed by atoms with Crippen LogP contribution in [0.15, 0.2) is 0 Å². The third-order valence-corrected chi connectivity index (χ3v) is 3.60. The van der Waals surface area contributed by atoms with Gasteiger partial charge in [0.2, 0.25) is 5.91 Å². The largest absolute Gasteiger partial charge is 0.375 e. The van der Waals surface area contributed by atoms with Gasteiger partial charge in [0.1, 0.15) is 0 Å². The smallest absolute Gasteiger partial charge is 0.240 e. The SMILES string of the molecule is CC1NC(C)N(C2CCOC(C)(C)C2)C1=O. The highest BCUT2D eigenvalue weighted by atomic mass is 16.5. The van der Waals surface area contributed by atoms with E-state index in [1.165, 1.54) is 0 Å². The van der Waals surface area contributed by atoms with Crippen molar-refractivity contribution in [2.24, 2.45) is 0 Å². The first-order valence-electron chi connectivity index (χ1n) is 6.13. The molecule has 3 unspecified atom stereocenters. The highest BCUT2D eigenvalue weighted by Gasteiger charge is 2.41. The highest BCUT2D eigenvalue weighted by Crippen LogP contribution is 2.30. The van der Waals surface area contributed by atoms with Gasteiger partial charge in [-0.25, -0.2) is 0 Å². The molecule has 2 aliphatic heterocycles. The minimum absolute atomic E-state index is 0.0408. The number of hydrogen-bond donors (Lipinski definition) is 1. The third kappa shape index (κ3) is 2.09. The van der Waals surface area contributed by atoms with E-state index in [0.29, 0.717) is 6.04 Å². The number of nitrogens with one attached hydrogen (secondary N) is 1. The summed E-state index contributed by atoms with van der Waals surface area (Å²) in [6, 6.07) is 0.282. The summed E-state index contributed by atoms with van der Waals surface area (Å²) in [5.41, 5.74) is -0.102. The zero-order valence-corrected chi connectivity index (χ0v) is 10.6. The molecule has 0 aromatic rings. The van der Waals surface area contributed by atoms with Gasteiger partial charge in [-0.2, -0.15) is 0 Å². The van der Waals surface area contributed by atoms with Crippen LogP contribution in [0.2, 0.25) is 0 Å². The average Bonchev–Trinajstić information content (AvgIpc) is 2.39. The van der Waals surface area contributed by atoms with E-state index in [2.05, 4.69) is 26.1 Å². The summed E-state index contributed by atoms with van der Waals surface area (Å²) in [5, 5.41) is 3.28. The van der Waals surface area contributed by atoms with Gasteiger partial charge >= 0.3 is 0 Å². The van der Waals surface area contributed by atoms with Crippen molar-refractivity contribution in [2.75, 3.05) is 6.61 Å². The Labute approximate surface area is 97.3 Å². The van der Waals surface area contributed by atoms with Gasteiger partial charge in [0.05, 0.1) is 17.8 Å². The van der Waals surface area contributed by atoms with Crippen LogP contribution in [0.3, 0.4) is 0 Å². The van der Waals surface area contributed by atoms with Gasteiger partial charge in [-0.1, -0.05) is 0 Å². The summed E-state index contributed by atoms with van der Waals surface area (Å²) in [5.74, 6) is 0.232. The Kier molecular flexibility index (Phi) is 2.97. The molecule has 3 atom stereocenters. The summed E-state index contributed by atoms with van der Waals surface area (Å²) < 4.78 is 5.69. The van der Waals surface area contributed by atoms with Crippen molar-refractivity contribution in [1.29, 1.82) is 0 Å². The molecular formula is C12H22N2O2. The van der Waals surface area contributed by atoms with Crippen LogP contribution in [-0.2, 0) is 9.53 Å². The van der Waals surface area contributed by atoms with Crippen molar-refractivity contribution in [2.45, 2.75) is 64.4 Å². The van der Waals surface area contributed by atoms with Crippen LogP contribution in [0, 0.1) is 0 Å². The molecule has 2 aliphatic rings. The molecule has 0 bridgehead atoms. The van der Waals surface area contributed by atoms with E-state index in [1.54, 1.807) is 0 Å². The highest BCUT2D eigenvalue weighted by molar-refractivity contribution is 5.84. The van der Waals surface area contributed by atoms with Crippen molar-refractivity contribution in [3.05, 3.63) is 0 Å². The fourth-order valence-corrected chi connectivity index (χ4v) is 2.86. The van der Waals surface area contributed by atoms with Gasteiger partial charge in [0, 0.05) is 12.6 Å². The van der Waals surface area contributed by atoms with Crippen LogP contribution in [0.5, 0.6) is 0 Å². The second-order valence-corrected chi connectivity index (χ2v) is 5.56. The van der Waals surface area contributed by atoms with E-state index in [-0.39, 0.29) is 23.7 Å². The lowest BCUT2D eigenvalue weighted by molar-refractivity contribution is -0.138. The van der Waals surface area contributed by atoms with Crippen LogP contribution >= 0.6 is 0 Å². The fraction of sp³-hybridized carbons (Fsp3) is 0.917. The summed E-state index contributed by atoms with van der Waals surface area (Å²) in [4.78, 5) is 14.1. The molecular weight excluding hydrogens is 204 g/mol. The average molecular weight is 226 g/mol. The normalized spacial score (nSPS) is 39.1. The lowest BCUT2D eigenvalue weighted by Crippen LogP contribution is -2.50. The van der Waals surface area contributed by atoms with E-state index < -0.39 is 0 Å². The fourth-order valence-electron chi connectivity index (χ4n) is 2.86. The van der Waals surface area contributed by atoms with Crippen LogP contribution in [0.4, 0.5) is 0 Å². The summed E-state index contributed by atoms with van der Waals surface area (Å²) in [6.07, 6.45) is 2.03. The predicted molar refractivity (Wildman–Crippen MR) is 62.0 cm³/mol. The maximum atomic E-state index is 12.0. The van der Waals surface area contributed by atoms with Crippen molar-refractivity contribution in [1.82, 2.24) is 10.2 Å². The lowest BCUT2D eigenvalue weighted by atomic mass is 9.92. The van der Waals surface area contributed by atoms with Crippen molar-refractivity contribution in [3.63, 3.8) is 0 Å². The maximum absolute atomic E-state index is 12.0. The van der Waals surface area contributed by atoms with Crippen molar-refractivity contribution in [3.8, 4) is 0 Å². The standard InChI is InChI=1S/C12H22N2O2/c1-8-11(15)14(9(2)13-8)10-5-6-16-12(3,4)7-10/h8-10,13H,5-7H2,1-4H3. The van der Waals surface area contributed by atoms with E-state index in [4.69, 9.17) is 4.74 Å². The third-order valence-electron chi connectivity index (χ3n) is 3.60. The Hall–Kier alpha value is -0.610. The second kappa shape index (κ2) is 4.00. The molecule has 2 fully saturated rings. The number of hydrogen-bond acceptors (Lipinski definition) is 3. The first kappa shape index (κ1) is 11.9. The topological polar surface area (TPSA) is 41.6 Å². The number of carbonyl (C=O) groups is 1. The van der Waals surface area contributed by atoms with Gasteiger partial charge in [-0.15, -0.1) is 0 Å². The molecule has 0 aromatic carbocycles. The number of amides is 1. The molecule has 92 valence electrons. The number of nitrogens with zero attached hydrogens (tertiary/aromatic N) is 1. The van der Waals surface area contributed by atoms with Crippen molar-refractivity contribution >= 4 is 5.91 Å². The minimum Gasteiger partial charge on any atom is -0.375 e. The number of carbonyl (C=O) groups excluding carboxylic acids is 1. The minimum atomic E-state index is -0.102. The van der Waals surface area contributed by atoms with Crippen LogP contribution in [0.25, 0.3) is 0 Å². The van der Waals surface area contributed by atoms with Crippen LogP contribution in [0.1, 0.15) is 40.5 Å². The van der Waals surface area contributed by atoms with Gasteiger partial charge in [-0.3, -0.25) is 10.1 Å². The maximum Gasteiger partial charge on any atom is 0.240 e. The predicted octanol–water partition coefficient (Wildman–Crippen LogP) is 1.11. The zero-order chi connectivity index (χ0) is 11.9. The molecule has 0 aliphatic carbocycles. The molecule has 0 radical (unpaired) electrons. The first-order valence-corrected chi connectivity index (χ1v) is 6.13. The Morgan fingerprint density at radius 1 is 1.44 bits per heavy atom. The quantitative estimate of drug-likeness (QED) is 0.728. The molecule has 4 heteroatoms. The Morgan fingerprint density at radius 2 is 2.12 bits per heavy atom. The first-order chi connectivity index (χ1) is 7.41. The van der Waals surface area contributed by atoms with Gasteiger partial charge < -0.3 is 9.64 Å². The molecule has 1 amide bonds. The molecule has 16 heavy (non-hydrogen) atoms. The van der Waals surface area contributed by atoms with Crippen molar-refractivity contribution < 1.29 is 9.53 Å². The van der Waals surface area contributed by atoms with Gasteiger partial charge in [0.25, 0.3) is 0 Å². The summed E-state index contributed by atoms with van der Waals surface area (Å²) >= 11 is 0. The van der Waals surface area contributed by atoms with Crippen LogP contribution in [-0.4, -0.2) is 41.3 Å². The van der Waals surface area contributed by atoms with E-state index in [0.717, 1.165) is 19.4 Å². The van der Waals surface area contributed by atoms with Crippen LogP contribution < -0.4 is 5.32 Å². The molecule has 0 saturated carbocycles. The van der Waals surface area contributed by atoms with Gasteiger partial charge in [-0.05, 0) is 40.5 Å². The molecule has 0 aromatic heterocycles. The van der Waals surface area contributed by atoms with E-state index >= 15 is 0 Å². The lowest BCUT2D eigenvalue weighted by Gasteiger charge is -2.41. The molecule has 2 saturated heterocycles. The molecule has 4 nitrogen and oxygen atoms in total. The second-order valence-electron chi connectivity index (χ2n) is 5.56. The van der Waals surface area contributed by atoms with E-state index in [9.17, 15) is 4.79 Å². The molecule has 0 spiro atoms. The molecule has 2 rings (SSSR count). The number of ether oxygens (including phenoxy) is 1. The monoisotopic (exact) mass is 226 g/mol. The number of rotatable bonds is 1. The molecule has 1 N–H and O–H groups in total. The Balaban J connectivity index is 2.09. The Morgan fingerprint density at radius 3 is 2.62 bits per heavy atom. The Bertz CT molecular complexity index is 291. The van der Waals surface area contributed by atoms with E-state index in [1.807, 2.05) is 11.8 Å². The zero-order valence-electron chi connectivity index (χ0n) is 10.6. The summed E-state index contributed by atoms with van der Waals surface area (Å²) in [6.45, 7) is 8.94. The molecule has 2 heterocycles. The van der Waals surface area contributed by atoms with Gasteiger partial charge in [0.15, 0.2) is 0 Å².